The minimum absolute atomic E-state index is 0.0566. The van der Waals surface area contributed by atoms with Crippen molar-refractivity contribution in [3.05, 3.63) is 76.3 Å². The zero-order valence-electron chi connectivity index (χ0n) is 17.3. The van der Waals surface area contributed by atoms with Crippen molar-refractivity contribution in [2.45, 2.75) is 19.8 Å². The van der Waals surface area contributed by atoms with Crippen LogP contribution >= 0.6 is 0 Å². The maximum atomic E-state index is 9.87. The number of hydrogen-bond acceptors (Lipinski definition) is 6. The number of aryl methyl sites for hydroxylation is 2. The number of nitriles is 1. The summed E-state index contributed by atoms with van der Waals surface area (Å²) in [6, 6.07) is 15.7. The smallest absolute Gasteiger partial charge is 0.229 e. The van der Waals surface area contributed by atoms with Crippen LogP contribution in [0.25, 0.3) is 5.69 Å². The van der Waals surface area contributed by atoms with Crippen LogP contribution in [-0.4, -0.2) is 24.0 Å². The van der Waals surface area contributed by atoms with Gasteiger partial charge in [0.05, 0.1) is 37.1 Å². The van der Waals surface area contributed by atoms with Crippen molar-refractivity contribution in [2.75, 3.05) is 14.2 Å². The van der Waals surface area contributed by atoms with E-state index in [2.05, 4.69) is 6.07 Å². The standard InChI is InChI=1S/C23H22N4O3/c1-13-5-7-15(8-6-13)27-23-20(14(2)26-27)21(18(12-24)22(25)30-23)17-10-9-16(28-3)11-19(17)29-4/h5-11,21H,25H2,1-4H3. The van der Waals surface area contributed by atoms with Crippen LogP contribution in [0.4, 0.5) is 0 Å². The fourth-order valence-electron chi connectivity index (χ4n) is 3.74. The number of methoxy groups -OCH3 is 2. The van der Waals surface area contributed by atoms with Crippen LogP contribution in [0.2, 0.25) is 0 Å². The van der Waals surface area contributed by atoms with Gasteiger partial charge >= 0.3 is 0 Å². The molecule has 30 heavy (non-hydrogen) atoms. The van der Waals surface area contributed by atoms with Crippen molar-refractivity contribution in [3.63, 3.8) is 0 Å². The molecule has 1 atom stereocenters. The van der Waals surface area contributed by atoms with Gasteiger partial charge in [-0.25, -0.2) is 4.68 Å². The average molecular weight is 402 g/mol. The number of nitrogens with two attached hydrogens (primary N) is 1. The third-order valence-corrected chi connectivity index (χ3v) is 5.26. The minimum Gasteiger partial charge on any atom is -0.497 e. The van der Waals surface area contributed by atoms with E-state index >= 15 is 0 Å². The molecule has 0 aliphatic carbocycles. The van der Waals surface area contributed by atoms with E-state index in [9.17, 15) is 5.26 Å². The van der Waals surface area contributed by atoms with Gasteiger partial charge < -0.3 is 19.9 Å². The van der Waals surface area contributed by atoms with E-state index in [0.29, 0.717) is 23.0 Å². The lowest BCUT2D eigenvalue weighted by molar-refractivity contribution is 0.363. The van der Waals surface area contributed by atoms with Crippen molar-refractivity contribution in [2.24, 2.45) is 5.73 Å². The van der Waals surface area contributed by atoms with Gasteiger partial charge in [-0.1, -0.05) is 23.8 Å². The predicted molar refractivity (Wildman–Crippen MR) is 112 cm³/mol. The Labute approximate surface area is 174 Å². The molecule has 7 nitrogen and oxygen atoms in total. The zero-order valence-corrected chi connectivity index (χ0v) is 17.3. The number of fused-ring (bicyclic) bond motifs is 1. The fourth-order valence-corrected chi connectivity index (χ4v) is 3.74. The van der Waals surface area contributed by atoms with Crippen LogP contribution in [0.1, 0.15) is 28.3 Å². The van der Waals surface area contributed by atoms with Gasteiger partial charge in [0.15, 0.2) is 0 Å². The molecule has 0 fully saturated rings. The summed E-state index contributed by atoms with van der Waals surface area (Å²) in [6.07, 6.45) is 0. The van der Waals surface area contributed by atoms with Crippen molar-refractivity contribution >= 4 is 0 Å². The van der Waals surface area contributed by atoms with E-state index < -0.39 is 5.92 Å². The van der Waals surface area contributed by atoms with Gasteiger partial charge in [0.25, 0.3) is 0 Å². The lowest BCUT2D eigenvalue weighted by atomic mass is 9.83. The van der Waals surface area contributed by atoms with E-state index in [1.807, 2.05) is 50.2 Å². The zero-order chi connectivity index (χ0) is 21.4. The molecule has 1 aromatic heterocycles. The summed E-state index contributed by atoms with van der Waals surface area (Å²) in [5.41, 5.74) is 10.8. The lowest BCUT2D eigenvalue weighted by Gasteiger charge is -2.26. The SMILES string of the molecule is COc1ccc(C2C(C#N)=C(N)Oc3c2c(C)nn3-c2ccc(C)cc2)c(OC)c1. The summed E-state index contributed by atoms with van der Waals surface area (Å²) in [6.45, 7) is 3.92. The molecule has 1 aliphatic heterocycles. The highest BCUT2D eigenvalue weighted by atomic mass is 16.5. The van der Waals surface area contributed by atoms with E-state index in [4.69, 9.17) is 25.0 Å². The Kier molecular flexibility index (Phi) is 4.84. The molecule has 0 spiro atoms. The fraction of sp³-hybridized carbons (Fsp3) is 0.217. The van der Waals surface area contributed by atoms with E-state index in [1.165, 1.54) is 0 Å². The summed E-state index contributed by atoms with van der Waals surface area (Å²) in [5, 5.41) is 14.6. The molecular formula is C23H22N4O3. The Morgan fingerprint density at radius 1 is 1.10 bits per heavy atom. The van der Waals surface area contributed by atoms with Crippen LogP contribution in [-0.2, 0) is 0 Å². The molecule has 0 saturated heterocycles. The number of nitrogens with zero attached hydrogens (tertiary/aromatic N) is 3. The highest BCUT2D eigenvalue weighted by molar-refractivity contribution is 5.60. The first-order valence-corrected chi connectivity index (χ1v) is 9.44. The Morgan fingerprint density at radius 2 is 1.83 bits per heavy atom. The molecule has 0 amide bonds. The lowest BCUT2D eigenvalue weighted by Crippen LogP contribution is -2.22. The van der Waals surface area contributed by atoms with Gasteiger partial charge in [-0.2, -0.15) is 10.4 Å². The van der Waals surface area contributed by atoms with E-state index in [-0.39, 0.29) is 5.88 Å². The number of allylic oxidation sites excluding steroid dienone is 1. The molecule has 0 saturated carbocycles. The second kappa shape index (κ2) is 7.48. The predicted octanol–water partition coefficient (Wildman–Crippen LogP) is 3.72. The topological polar surface area (TPSA) is 95.3 Å². The normalized spacial score (nSPS) is 15.2. The van der Waals surface area contributed by atoms with Crippen LogP contribution in [0.15, 0.2) is 53.9 Å². The summed E-state index contributed by atoms with van der Waals surface area (Å²) in [7, 11) is 3.18. The summed E-state index contributed by atoms with van der Waals surface area (Å²) >= 11 is 0. The Bertz CT molecular complexity index is 1190. The molecule has 1 aliphatic rings. The van der Waals surface area contributed by atoms with Gasteiger partial charge in [-0.05, 0) is 32.0 Å². The summed E-state index contributed by atoms with van der Waals surface area (Å²) in [4.78, 5) is 0. The maximum Gasteiger partial charge on any atom is 0.229 e. The first kappa shape index (κ1) is 19.4. The second-order valence-corrected chi connectivity index (χ2v) is 7.08. The third-order valence-electron chi connectivity index (χ3n) is 5.26. The highest BCUT2D eigenvalue weighted by Crippen LogP contribution is 2.47. The van der Waals surface area contributed by atoms with Gasteiger partial charge in [-0.15, -0.1) is 0 Å². The number of rotatable bonds is 4. The molecule has 2 heterocycles. The quantitative estimate of drug-likeness (QED) is 0.715. The van der Waals surface area contributed by atoms with Gasteiger partial charge in [0.1, 0.15) is 23.1 Å². The second-order valence-electron chi connectivity index (χ2n) is 7.08. The monoisotopic (exact) mass is 402 g/mol. The highest BCUT2D eigenvalue weighted by Gasteiger charge is 2.37. The first-order chi connectivity index (χ1) is 14.5. The number of aromatic nitrogens is 2. The molecular weight excluding hydrogens is 380 g/mol. The molecule has 2 aromatic carbocycles. The molecule has 0 radical (unpaired) electrons. The number of benzene rings is 2. The summed E-state index contributed by atoms with van der Waals surface area (Å²) < 4.78 is 18.6. The molecule has 7 heteroatoms. The van der Waals surface area contributed by atoms with Crippen LogP contribution < -0.4 is 19.9 Å². The molecule has 4 rings (SSSR count). The van der Waals surface area contributed by atoms with Gasteiger partial charge in [-0.3, -0.25) is 0 Å². The molecule has 3 aromatic rings. The first-order valence-electron chi connectivity index (χ1n) is 9.44. The third kappa shape index (κ3) is 3.03. The maximum absolute atomic E-state index is 9.87. The Morgan fingerprint density at radius 3 is 2.47 bits per heavy atom. The van der Waals surface area contributed by atoms with Gasteiger partial charge in [0.2, 0.25) is 11.8 Å². The van der Waals surface area contributed by atoms with Crippen molar-refractivity contribution in [1.82, 2.24) is 9.78 Å². The minimum atomic E-state index is -0.473. The van der Waals surface area contributed by atoms with E-state index in [1.54, 1.807) is 25.0 Å². The van der Waals surface area contributed by atoms with Crippen molar-refractivity contribution in [3.8, 4) is 29.1 Å². The molecule has 1 unspecified atom stereocenters. The average Bonchev–Trinajstić information content (AvgIpc) is 3.08. The number of ether oxygens (including phenoxy) is 3. The van der Waals surface area contributed by atoms with Crippen molar-refractivity contribution < 1.29 is 14.2 Å². The Balaban J connectivity index is 1.96. The van der Waals surface area contributed by atoms with Crippen LogP contribution in [0.3, 0.4) is 0 Å². The molecule has 0 bridgehead atoms. The van der Waals surface area contributed by atoms with Gasteiger partial charge in [0, 0.05) is 11.6 Å². The van der Waals surface area contributed by atoms with E-state index in [0.717, 1.165) is 28.1 Å². The molecule has 152 valence electrons. The van der Waals surface area contributed by atoms with Crippen LogP contribution in [0, 0.1) is 25.2 Å². The molecule has 2 N–H and O–H groups in total. The Hall–Kier alpha value is -3.92. The number of hydrogen-bond donors (Lipinski definition) is 1. The van der Waals surface area contributed by atoms with Crippen molar-refractivity contribution in [1.29, 1.82) is 5.26 Å². The summed E-state index contributed by atoms with van der Waals surface area (Å²) in [5.74, 6) is 1.33. The van der Waals surface area contributed by atoms with Crippen LogP contribution in [0.5, 0.6) is 17.4 Å². The largest absolute Gasteiger partial charge is 0.497 e.